The summed E-state index contributed by atoms with van der Waals surface area (Å²) in [5.74, 6) is 0. The van der Waals surface area contributed by atoms with Crippen molar-refractivity contribution >= 4 is 6.09 Å². The van der Waals surface area contributed by atoms with Crippen molar-refractivity contribution in [1.82, 2.24) is 19.9 Å². The first-order valence-corrected chi connectivity index (χ1v) is 6.86. The first-order chi connectivity index (χ1) is 9.20. The van der Waals surface area contributed by atoms with Crippen LogP contribution < -0.4 is 0 Å². The lowest BCUT2D eigenvalue weighted by molar-refractivity contribution is 0.0693. The second-order valence-corrected chi connectivity index (χ2v) is 6.03. The summed E-state index contributed by atoms with van der Waals surface area (Å²) < 4.78 is 0. The fraction of sp³-hybridized carbons (Fsp3) is 0.769. The predicted octanol–water partition coefficient (Wildman–Crippen LogP) is 1.52. The number of nitrogens with zero attached hydrogens (tertiary/aromatic N) is 4. The van der Waals surface area contributed by atoms with E-state index in [-0.39, 0.29) is 12.1 Å². The molecule has 1 aliphatic heterocycles. The lowest BCUT2D eigenvalue weighted by Gasteiger charge is -2.35. The van der Waals surface area contributed by atoms with Gasteiger partial charge in [0.1, 0.15) is 11.3 Å². The predicted molar refractivity (Wildman–Crippen MR) is 72.5 cm³/mol. The second-order valence-electron chi connectivity index (χ2n) is 6.03. The van der Waals surface area contributed by atoms with E-state index in [4.69, 9.17) is 0 Å². The van der Waals surface area contributed by atoms with Crippen molar-refractivity contribution in [2.24, 2.45) is 0 Å². The Labute approximate surface area is 118 Å². The Bertz CT molecular complexity index is 506. The number of amides is 1. The highest BCUT2D eigenvalue weighted by molar-refractivity contribution is 5.65. The molecule has 1 fully saturated rings. The van der Waals surface area contributed by atoms with Crippen molar-refractivity contribution in [2.45, 2.75) is 58.2 Å². The van der Waals surface area contributed by atoms with Gasteiger partial charge in [-0.1, -0.05) is 0 Å². The van der Waals surface area contributed by atoms with Crippen LogP contribution in [-0.4, -0.2) is 48.8 Å². The molecule has 0 bridgehead atoms. The molecule has 20 heavy (non-hydrogen) atoms. The Kier molecular flexibility index (Phi) is 3.73. The van der Waals surface area contributed by atoms with Gasteiger partial charge >= 0.3 is 6.09 Å². The molecule has 0 radical (unpaired) electrons. The number of hydrogen-bond acceptors (Lipinski definition) is 4. The number of aromatic nitrogens is 3. The normalized spacial score (nSPS) is 23.9. The van der Waals surface area contributed by atoms with E-state index in [0.717, 1.165) is 12.8 Å². The number of likely N-dealkylation sites (tertiary alicyclic amines) is 1. The summed E-state index contributed by atoms with van der Waals surface area (Å²) in [6, 6.07) is -0.0498. The molecule has 0 aromatic carbocycles. The molecule has 1 aromatic rings. The van der Waals surface area contributed by atoms with Gasteiger partial charge in [0.25, 0.3) is 0 Å². The molecule has 0 aliphatic carbocycles. The summed E-state index contributed by atoms with van der Waals surface area (Å²) in [5.41, 5.74) is 0.174. The molecule has 112 valence electrons. The van der Waals surface area contributed by atoms with Gasteiger partial charge in [-0.25, -0.2) is 4.79 Å². The van der Waals surface area contributed by atoms with Gasteiger partial charge in [0.15, 0.2) is 0 Å². The van der Waals surface area contributed by atoms with Gasteiger partial charge in [0.2, 0.25) is 0 Å². The molecule has 2 atom stereocenters. The van der Waals surface area contributed by atoms with Gasteiger partial charge in [0, 0.05) is 12.6 Å². The van der Waals surface area contributed by atoms with Crippen LogP contribution in [0.3, 0.4) is 0 Å². The standard InChI is InChI=1S/C13H22N4O3/c1-8-5-6-10(7-16(8)12(18)19)17-14-9(2)11(15-17)13(3,4)20/h8,10,20H,5-7H2,1-4H3,(H,18,19). The average Bonchev–Trinajstić information content (AvgIpc) is 2.71. The van der Waals surface area contributed by atoms with E-state index in [0.29, 0.717) is 17.9 Å². The van der Waals surface area contributed by atoms with Gasteiger partial charge < -0.3 is 15.1 Å². The van der Waals surface area contributed by atoms with Crippen LogP contribution in [-0.2, 0) is 5.60 Å². The Morgan fingerprint density at radius 1 is 1.35 bits per heavy atom. The Hall–Kier alpha value is -1.63. The van der Waals surface area contributed by atoms with Gasteiger partial charge in [-0.05, 0) is 40.5 Å². The zero-order chi connectivity index (χ0) is 15.1. The highest BCUT2D eigenvalue weighted by Crippen LogP contribution is 2.27. The molecule has 2 rings (SSSR count). The van der Waals surface area contributed by atoms with Crippen molar-refractivity contribution in [2.75, 3.05) is 6.54 Å². The summed E-state index contributed by atoms with van der Waals surface area (Å²) >= 11 is 0. The zero-order valence-electron chi connectivity index (χ0n) is 12.4. The Morgan fingerprint density at radius 2 is 2.00 bits per heavy atom. The quantitative estimate of drug-likeness (QED) is 0.858. The van der Waals surface area contributed by atoms with Gasteiger partial charge in [-0.15, -0.1) is 0 Å². The molecule has 2 unspecified atom stereocenters. The van der Waals surface area contributed by atoms with E-state index < -0.39 is 11.7 Å². The number of rotatable bonds is 2. The minimum atomic E-state index is -1.04. The molecule has 7 nitrogen and oxygen atoms in total. The van der Waals surface area contributed by atoms with Crippen molar-refractivity contribution < 1.29 is 15.0 Å². The van der Waals surface area contributed by atoms with E-state index in [1.807, 2.05) is 6.92 Å². The molecule has 7 heteroatoms. The minimum Gasteiger partial charge on any atom is -0.465 e. The van der Waals surface area contributed by atoms with Gasteiger partial charge in [-0.2, -0.15) is 15.0 Å². The van der Waals surface area contributed by atoms with Crippen LogP contribution in [0.4, 0.5) is 4.79 Å². The van der Waals surface area contributed by atoms with Crippen LogP contribution in [0, 0.1) is 6.92 Å². The van der Waals surface area contributed by atoms with Crippen molar-refractivity contribution in [3.05, 3.63) is 11.4 Å². The summed E-state index contributed by atoms with van der Waals surface area (Å²) in [7, 11) is 0. The topological polar surface area (TPSA) is 91.5 Å². The third kappa shape index (κ3) is 2.77. The van der Waals surface area contributed by atoms with E-state index in [9.17, 15) is 15.0 Å². The smallest absolute Gasteiger partial charge is 0.407 e. The van der Waals surface area contributed by atoms with Crippen LogP contribution in [0.2, 0.25) is 0 Å². The maximum absolute atomic E-state index is 11.2. The number of aliphatic hydroxyl groups is 1. The number of hydrogen-bond donors (Lipinski definition) is 2. The molecule has 0 saturated carbocycles. The molecular formula is C13H22N4O3. The van der Waals surface area contributed by atoms with Crippen LogP contribution in [0.25, 0.3) is 0 Å². The van der Waals surface area contributed by atoms with Gasteiger partial charge in [0.05, 0.1) is 11.7 Å². The molecular weight excluding hydrogens is 260 g/mol. The highest BCUT2D eigenvalue weighted by Gasteiger charge is 2.32. The molecule has 1 aromatic heterocycles. The SMILES string of the molecule is Cc1nn(C2CCC(C)N(C(=O)O)C2)nc1C(C)(C)O. The molecule has 2 heterocycles. The maximum Gasteiger partial charge on any atom is 0.407 e. The minimum absolute atomic E-state index is 0.0224. The van der Waals surface area contributed by atoms with E-state index in [1.165, 1.54) is 4.90 Å². The molecule has 1 saturated heterocycles. The average molecular weight is 282 g/mol. The second kappa shape index (κ2) is 5.05. The van der Waals surface area contributed by atoms with Crippen LogP contribution in [0.5, 0.6) is 0 Å². The Balaban J connectivity index is 2.22. The summed E-state index contributed by atoms with van der Waals surface area (Å²) in [5, 5.41) is 27.9. The summed E-state index contributed by atoms with van der Waals surface area (Å²) in [6.07, 6.45) is 0.716. The number of piperidine rings is 1. The van der Waals surface area contributed by atoms with Crippen LogP contribution >= 0.6 is 0 Å². The summed E-state index contributed by atoms with van der Waals surface area (Å²) in [6.45, 7) is 7.43. The van der Waals surface area contributed by atoms with Crippen LogP contribution in [0.15, 0.2) is 0 Å². The number of carboxylic acid groups (broad SMARTS) is 1. The zero-order valence-corrected chi connectivity index (χ0v) is 12.4. The monoisotopic (exact) mass is 282 g/mol. The highest BCUT2D eigenvalue weighted by atomic mass is 16.4. The fourth-order valence-corrected chi connectivity index (χ4v) is 2.67. The largest absolute Gasteiger partial charge is 0.465 e. The first kappa shape index (κ1) is 14.8. The maximum atomic E-state index is 11.2. The number of aryl methyl sites for hydroxylation is 1. The Morgan fingerprint density at radius 3 is 2.50 bits per heavy atom. The van der Waals surface area contributed by atoms with Gasteiger partial charge in [-0.3, -0.25) is 0 Å². The molecule has 2 N–H and O–H groups in total. The first-order valence-electron chi connectivity index (χ1n) is 6.86. The van der Waals surface area contributed by atoms with E-state index >= 15 is 0 Å². The van der Waals surface area contributed by atoms with E-state index in [2.05, 4.69) is 10.2 Å². The third-order valence-electron chi connectivity index (χ3n) is 3.81. The van der Waals surface area contributed by atoms with Crippen molar-refractivity contribution in [3.63, 3.8) is 0 Å². The van der Waals surface area contributed by atoms with Crippen molar-refractivity contribution in [3.8, 4) is 0 Å². The molecule has 1 amide bonds. The molecule has 0 spiro atoms. The summed E-state index contributed by atoms with van der Waals surface area (Å²) in [4.78, 5) is 14.2. The lowest BCUT2D eigenvalue weighted by atomic mass is 10.0. The fourth-order valence-electron chi connectivity index (χ4n) is 2.67. The van der Waals surface area contributed by atoms with Crippen LogP contribution in [0.1, 0.15) is 51.0 Å². The van der Waals surface area contributed by atoms with E-state index in [1.54, 1.807) is 25.6 Å². The lowest BCUT2D eigenvalue weighted by Crippen LogP contribution is -2.45. The van der Waals surface area contributed by atoms with Crippen molar-refractivity contribution in [1.29, 1.82) is 0 Å². The molecule has 1 aliphatic rings. The third-order valence-corrected chi connectivity index (χ3v) is 3.81. The number of carbonyl (C=O) groups is 1.